The van der Waals surface area contributed by atoms with E-state index in [1.807, 2.05) is 35.7 Å². The summed E-state index contributed by atoms with van der Waals surface area (Å²) in [6, 6.07) is 13.0. The first-order chi connectivity index (χ1) is 12.8. The molecular formula is C19H17N3O3S. The van der Waals surface area contributed by atoms with Crippen LogP contribution in [0.5, 0.6) is 5.75 Å². The zero-order chi connectivity index (χ0) is 17.8. The molecule has 3 aromatic rings. The second-order valence-electron chi connectivity index (χ2n) is 5.83. The van der Waals surface area contributed by atoms with E-state index in [9.17, 15) is 4.79 Å². The summed E-state index contributed by atoms with van der Waals surface area (Å²) >= 11 is 1.49. The number of nitrogens with zero attached hydrogens (tertiary/aromatic N) is 2. The lowest BCUT2D eigenvalue weighted by atomic mass is 10.2. The average Bonchev–Trinajstić information content (AvgIpc) is 3.35. The van der Waals surface area contributed by atoms with Crippen molar-refractivity contribution in [2.24, 2.45) is 0 Å². The molecule has 1 atom stereocenters. The van der Waals surface area contributed by atoms with E-state index in [4.69, 9.17) is 9.47 Å². The van der Waals surface area contributed by atoms with Crippen molar-refractivity contribution in [2.75, 3.05) is 11.9 Å². The van der Waals surface area contributed by atoms with Crippen molar-refractivity contribution in [2.45, 2.75) is 18.9 Å². The molecule has 132 valence electrons. The quantitative estimate of drug-likeness (QED) is 0.542. The number of hydrogen-bond acceptors (Lipinski definition) is 7. The van der Waals surface area contributed by atoms with E-state index in [-0.39, 0.29) is 5.97 Å². The maximum absolute atomic E-state index is 12.1. The van der Waals surface area contributed by atoms with Crippen LogP contribution in [0.1, 0.15) is 12.8 Å². The fourth-order valence-corrected chi connectivity index (χ4v) is 3.39. The second-order valence-corrected chi connectivity index (χ2v) is 6.69. The topological polar surface area (TPSA) is 73.3 Å². The van der Waals surface area contributed by atoms with Gasteiger partial charge in [0, 0.05) is 29.9 Å². The van der Waals surface area contributed by atoms with Crippen LogP contribution in [0.3, 0.4) is 0 Å². The molecule has 0 amide bonds. The molecule has 1 aromatic carbocycles. The van der Waals surface area contributed by atoms with Crippen molar-refractivity contribution in [3.8, 4) is 17.1 Å². The van der Waals surface area contributed by atoms with Crippen LogP contribution >= 0.6 is 11.3 Å². The Balaban J connectivity index is 1.44. The Kier molecular flexibility index (Phi) is 4.90. The third-order valence-electron chi connectivity index (χ3n) is 3.93. The fraction of sp³-hybridized carbons (Fsp3) is 0.211. The molecule has 0 bridgehead atoms. The number of rotatable bonds is 5. The lowest BCUT2D eigenvalue weighted by molar-refractivity contribution is -0.144. The first kappa shape index (κ1) is 16.7. The van der Waals surface area contributed by atoms with Gasteiger partial charge in [-0.2, -0.15) is 0 Å². The van der Waals surface area contributed by atoms with Crippen molar-refractivity contribution >= 4 is 28.1 Å². The highest BCUT2D eigenvalue weighted by atomic mass is 32.1. The monoisotopic (exact) mass is 367 g/mol. The number of esters is 1. The zero-order valence-electron chi connectivity index (χ0n) is 13.9. The molecule has 1 aliphatic rings. The summed E-state index contributed by atoms with van der Waals surface area (Å²) in [5, 5.41) is 5.93. The number of carbonyl (C=O) groups is 1. The predicted molar refractivity (Wildman–Crippen MR) is 99.7 cm³/mol. The van der Waals surface area contributed by atoms with Gasteiger partial charge < -0.3 is 14.8 Å². The molecule has 0 aliphatic carbocycles. The van der Waals surface area contributed by atoms with Gasteiger partial charge in [0.05, 0.1) is 5.69 Å². The highest BCUT2D eigenvalue weighted by molar-refractivity contribution is 7.14. The molecule has 26 heavy (non-hydrogen) atoms. The van der Waals surface area contributed by atoms with E-state index in [0.717, 1.165) is 28.6 Å². The van der Waals surface area contributed by atoms with Gasteiger partial charge in [0.15, 0.2) is 11.2 Å². The molecular weight excluding hydrogens is 350 g/mol. The van der Waals surface area contributed by atoms with Crippen molar-refractivity contribution in [3.05, 3.63) is 54.0 Å². The van der Waals surface area contributed by atoms with E-state index in [0.29, 0.717) is 18.8 Å². The molecule has 0 spiro atoms. The second kappa shape index (κ2) is 7.63. The first-order valence-electron chi connectivity index (χ1n) is 8.35. The van der Waals surface area contributed by atoms with Gasteiger partial charge in [0.1, 0.15) is 11.4 Å². The van der Waals surface area contributed by atoms with E-state index in [1.54, 1.807) is 18.3 Å². The third-order valence-corrected chi connectivity index (χ3v) is 4.69. The first-order valence-corrected chi connectivity index (χ1v) is 9.23. The van der Waals surface area contributed by atoms with Crippen LogP contribution in [-0.2, 0) is 9.53 Å². The molecule has 2 aromatic heterocycles. The number of ether oxygens (including phenoxy) is 2. The number of hydrogen-bond donors (Lipinski definition) is 1. The van der Waals surface area contributed by atoms with Gasteiger partial charge in [-0.05, 0) is 37.1 Å². The van der Waals surface area contributed by atoms with Gasteiger partial charge >= 0.3 is 5.97 Å². The number of nitrogens with one attached hydrogen (secondary N) is 1. The third kappa shape index (κ3) is 3.89. The Hall–Kier alpha value is -2.77. The molecule has 0 radical (unpaired) electrons. The Labute approximate surface area is 154 Å². The van der Waals surface area contributed by atoms with Gasteiger partial charge in [-0.25, -0.2) is 9.78 Å². The minimum Gasteiger partial charge on any atom is -0.425 e. The van der Waals surface area contributed by atoms with Crippen LogP contribution in [0, 0.1) is 0 Å². The van der Waals surface area contributed by atoms with Crippen molar-refractivity contribution < 1.29 is 14.3 Å². The largest absolute Gasteiger partial charge is 0.425 e. The van der Waals surface area contributed by atoms with Crippen LogP contribution in [0.4, 0.5) is 10.8 Å². The van der Waals surface area contributed by atoms with Crippen molar-refractivity contribution in [1.82, 2.24) is 9.97 Å². The molecule has 1 N–H and O–H groups in total. The van der Waals surface area contributed by atoms with Crippen LogP contribution in [0.15, 0.2) is 54.0 Å². The predicted octanol–water partition coefficient (Wildman–Crippen LogP) is 4.03. The van der Waals surface area contributed by atoms with E-state index in [1.165, 1.54) is 11.3 Å². The summed E-state index contributed by atoms with van der Waals surface area (Å²) < 4.78 is 10.8. The SMILES string of the molecule is O=C(Oc1cccc(Nc2nc(-c3ccccn3)cs2)c1)C1CCCO1. The van der Waals surface area contributed by atoms with Crippen molar-refractivity contribution in [1.29, 1.82) is 0 Å². The smallest absolute Gasteiger partial charge is 0.340 e. The van der Waals surface area contributed by atoms with Gasteiger partial charge in [-0.3, -0.25) is 4.98 Å². The number of benzene rings is 1. The molecule has 1 unspecified atom stereocenters. The Bertz CT molecular complexity index is 892. The Morgan fingerprint density at radius 1 is 1.23 bits per heavy atom. The van der Waals surface area contributed by atoms with E-state index in [2.05, 4.69) is 15.3 Å². The molecule has 1 aliphatic heterocycles. The molecule has 7 heteroatoms. The zero-order valence-corrected chi connectivity index (χ0v) is 14.7. The summed E-state index contributed by atoms with van der Waals surface area (Å²) in [7, 11) is 0. The molecule has 0 saturated carbocycles. The number of anilines is 2. The maximum Gasteiger partial charge on any atom is 0.340 e. The number of thiazole rings is 1. The number of pyridine rings is 1. The standard InChI is InChI=1S/C19H17N3O3S/c23-18(17-8-4-10-24-17)25-14-6-3-5-13(11-14)21-19-22-16(12-26-19)15-7-1-2-9-20-15/h1-3,5-7,9,11-12,17H,4,8,10H2,(H,21,22). The molecule has 1 fully saturated rings. The van der Waals surface area contributed by atoms with Crippen LogP contribution in [0.25, 0.3) is 11.4 Å². The Morgan fingerprint density at radius 2 is 2.19 bits per heavy atom. The highest BCUT2D eigenvalue weighted by Crippen LogP contribution is 2.27. The average molecular weight is 367 g/mol. The molecule has 1 saturated heterocycles. The summed E-state index contributed by atoms with van der Waals surface area (Å²) in [5.41, 5.74) is 2.44. The number of carbonyl (C=O) groups excluding carboxylic acids is 1. The van der Waals surface area contributed by atoms with Gasteiger partial charge in [-0.15, -0.1) is 11.3 Å². The lowest BCUT2D eigenvalue weighted by Crippen LogP contribution is -2.24. The van der Waals surface area contributed by atoms with Crippen LogP contribution in [-0.4, -0.2) is 28.6 Å². The molecule has 3 heterocycles. The molecule has 4 rings (SSSR count). The number of aromatic nitrogens is 2. The van der Waals surface area contributed by atoms with Crippen LogP contribution in [0.2, 0.25) is 0 Å². The summed E-state index contributed by atoms with van der Waals surface area (Å²) in [6.45, 7) is 0.615. The Morgan fingerprint density at radius 3 is 3.00 bits per heavy atom. The molecule has 6 nitrogen and oxygen atoms in total. The maximum atomic E-state index is 12.1. The van der Waals surface area contributed by atoms with Crippen LogP contribution < -0.4 is 10.1 Å². The summed E-state index contributed by atoms with van der Waals surface area (Å²) in [4.78, 5) is 20.9. The normalized spacial score (nSPS) is 16.4. The lowest BCUT2D eigenvalue weighted by Gasteiger charge is -2.10. The van der Waals surface area contributed by atoms with Gasteiger partial charge in [-0.1, -0.05) is 12.1 Å². The van der Waals surface area contributed by atoms with E-state index >= 15 is 0 Å². The highest BCUT2D eigenvalue weighted by Gasteiger charge is 2.25. The summed E-state index contributed by atoms with van der Waals surface area (Å²) in [5.74, 6) is 0.142. The minimum absolute atomic E-state index is 0.341. The van der Waals surface area contributed by atoms with Crippen molar-refractivity contribution in [3.63, 3.8) is 0 Å². The fourth-order valence-electron chi connectivity index (χ4n) is 2.67. The minimum atomic E-state index is -0.452. The van der Waals surface area contributed by atoms with Gasteiger partial charge in [0.2, 0.25) is 0 Å². The summed E-state index contributed by atoms with van der Waals surface area (Å²) in [6.07, 6.45) is 2.90. The van der Waals surface area contributed by atoms with Gasteiger partial charge in [0.25, 0.3) is 0 Å². The van der Waals surface area contributed by atoms with E-state index < -0.39 is 6.10 Å².